The number of amides is 2. The fourth-order valence-electron chi connectivity index (χ4n) is 5.63. The molecule has 40 heavy (non-hydrogen) atoms. The number of hydrogen-bond acceptors (Lipinski definition) is 6. The van der Waals surface area contributed by atoms with Gasteiger partial charge in [-0.25, -0.2) is 4.79 Å². The van der Waals surface area contributed by atoms with Gasteiger partial charge in [0, 0.05) is 37.8 Å². The fraction of sp³-hybridized carbons (Fsp3) is 0.467. The second kappa shape index (κ2) is 12.0. The van der Waals surface area contributed by atoms with Crippen molar-refractivity contribution in [1.29, 1.82) is 0 Å². The predicted octanol–water partition coefficient (Wildman–Crippen LogP) is 2.87. The smallest absolute Gasteiger partial charge is 0.332 e. The lowest BCUT2D eigenvalue weighted by atomic mass is 10.1. The number of fused-ring (bicyclic) bond motifs is 1. The van der Waals surface area contributed by atoms with Gasteiger partial charge in [0.25, 0.3) is 11.5 Å². The highest BCUT2D eigenvalue weighted by atomic mass is 16.5. The van der Waals surface area contributed by atoms with Crippen molar-refractivity contribution in [2.75, 3.05) is 40.4 Å². The van der Waals surface area contributed by atoms with E-state index in [1.165, 1.54) is 18.8 Å². The molecular formula is C30H36N4O6. The molecule has 0 bridgehead atoms. The van der Waals surface area contributed by atoms with Crippen LogP contribution in [0.3, 0.4) is 0 Å². The van der Waals surface area contributed by atoms with Crippen LogP contribution < -0.4 is 20.7 Å². The zero-order chi connectivity index (χ0) is 28.2. The Kier molecular flexibility index (Phi) is 8.23. The summed E-state index contributed by atoms with van der Waals surface area (Å²) in [5.74, 6) is 0.547. The van der Waals surface area contributed by atoms with E-state index in [9.17, 15) is 19.2 Å². The summed E-state index contributed by atoms with van der Waals surface area (Å²) in [6, 6.07) is 10.1. The normalized spacial score (nSPS) is 15.8. The van der Waals surface area contributed by atoms with E-state index >= 15 is 0 Å². The van der Waals surface area contributed by atoms with Crippen LogP contribution in [0.2, 0.25) is 0 Å². The first-order chi connectivity index (χ1) is 19.4. The second-order valence-corrected chi connectivity index (χ2v) is 10.5. The first-order valence-electron chi connectivity index (χ1n) is 14.0. The molecule has 0 unspecified atom stereocenters. The van der Waals surface area contributed by atoms with E-state index in [4.69, 9.17) is 9.47 Å². The SMILES string of the molecule is COc1cc2c(=O)n(Cc3ccc(C(=O)N4CCCC4)cc3)c(=O)n(CC(=O)N3CCCCCC3)c2cc1OC. The summed E-state index contributed by atoms with van der Waals surface area (Å²) in [6.07, 6.45) is 6.05. The Labute approximate surface area is 232 Å². The van der Waals surface area contributed by atoms with Crippen molar-refractivity contribution in [2.45, 2.75) is 51.6 Å². The molecule has 0 N–H and O–H groups in total. The largest absolute Gasteiger partial charge is 0.493 e. The molecule has 1 aromatic heterocycles. The van der Waals surface area contributed by atoms with Crippen LogP contribution in [0.25, 0.3) is 10.9 Å². The molecule has 10 nitrogen and oxygen atoms in total. The zero-order valence-electron chi connectivity index (χ0n) is 23.2. The van der Waals surface area contributed by atoms with Crippen molar-refractivity contribution in [1.82, 2.24) is 18.9 Å². The quantitative estimate of drug-likeness (QED) is 0.450. The summed E-state index contributed by atoms with van der Waals surface area (Å²) in [4.78, 5) is 57.2. The number of nitrogens with zero attached hydrogens (tertiary/aromatic N) is 4. The van der Waals surface area contributed by atoms with E-state index in [1.807, 2.05) is 4.90 Å². The van der Waals surface area contributed by atoms with E-state index in [0.29, 0.717) is 41.2 Å². The van der Waals surface area contributed by atoms with Gasteiger partial charge >= 0.3 is 5.69 Å². The lowest BCUT2D eigenvalue weighted by Gasteiger charge is -2.22. The average Bonchev–Trinajstić information content (AvgIpc) is 3.38. The van der Waals surface area contributed by atoms with E-state index in [-0.39, 0.29) is 30.3 Å². The van der Waals surface area contributed by atoms with Crippen LogP contribution in [-0.2, 0) is 17.9 Å². The number of ether oxygens (including phenoxy) is 2. The number of methoxy groups -OCH3 is 2. The lowest BCUT2D eigenvalue weighted by molar-refractivity contribution is -0.131. The van der Waals surface area contributed by atoms with Crippen LogP contribution in [0, 0.1) is 0 Å². The maximum atomic E-state index is 13.8. The molecule has 2 saturated heterocycles. The molecule has 3 aromatic rings. The Morgan fingerprint density at radius 1 is 0.750 bits per heavy atom. The second-order valence-electron chi connectivity index (χ2n) is 10.5. The monoisotopic (exact) mass is 548 g/mol. The number of aromatic nitrogens is 2. The molecule has 2 fully saturated rings. The van der Waals surface area contributed by atoms with Gasteiger partial charge in [-0.3, -0.25) is 23.5 Å². The minimum Gasteiger partial charge on any atom is -0.493 e. The molecule has 0 aliphatic carbocycles. The maximum Gasteiger partial charge on any atom is 0.332 e. The minimum absolute atomic E-state index is 0.00194. The minimum atomic E-state index is -0.579. The van der Waals surface area contributed by atoms with Crippen molar-refractivity contribution >= 4 is 22.7 Å². The molecule has 3 heterocycles. The molecule has 212 valence electrons. The Bertz CT molecular complexity index is 1510. The number of carbonyl (C=O) groups excluding carboxylic acids is 2. The van der Waals surface area contributed by atoms with E-state index < -0.39 is 11.2 Å². The van der Waals surface area contributed by atoms with Crippen molar-refractivity contribution in [3.63, 3.8) is 0 Å². The first-order valence-corrected chi connectivity index (χ1v) is 14.0. The van der Waals surface area contributed by atoms with E-state index in [2.05, 4.69) is 0 Å². The third-order valence-electron chi connectivity index (χ3n) is 7.92. The standard InChI is InChI=1S/C30H36N4O6/c1-39-25-17-23-24(18-26(25)40-2)33(20-27(35)31-13-5-3-4-6-14-31)30(38)34(29(23)37)19-21-9-11-22(12-10-21)28(36)32-15-7-8-16-32/h9-12,17-18H,3-8,13-16,19-20H2,1-2H3. The van der Waals surface area contributed by atoms with Gasteiger partial charge in [0.15, 0.2) is 11.5 Å². The van der Waals surface area contributed by atoms with Gasteiger partial charge < -0.3 is 19.3 Å². The molecule has 0 spiro atoms. The number of carbonyl (C=O) groups is 2. The summed E-state index contributed by atoms with van der Waals surface area (Å²) in [6.45, 7) is 2.65. The Morgan fingerprint density at radius 2 is 1.32 bits per heavy atom. The number of hydrogen-bond donors (Lipinski definition) is 0. The Morgan fingerprint density at radius 3 is 1.95 bits per heavy atom. The summed E-state index contributed by atoms with van der Waals surface area (Å²) in [5.41, 5.74) is 0.525. The number of likely N-dealkylation sites (tertiary alicyclic amines) is 2. The van der Waals surface area contributed by atoms with Crippen LogP contribution in [0.15, 0.2) is 46.0 Å². The lowest BCUT2D eigenvalue weighted by Crippen LogP contribution is -2.44. The summed E-state index contributed by atoms with van der Waals surface area (Å²) in [5, 5.41) is 0.252. The number of benzene rings is 2. The molecular weight excluding hydrogens is 512 g/mol. The summed E-state index contributed by atoms with van der Waals surface area (Å²) >= 11 is 0. The van der Waals surface area contributed by atoms with Gasteiger partial charge in [0.1, 0.15) is 6.54 Å². The Hall–Kier alpha value is -4.08. The zero-order valence-corrected chi connectivity index (χ0v) is 23.2. The van der Waals surface area contributed by atoms with Gasteiger partial charge in [-0.05, 0) is 49.4 Å². The highest BCUT2D eigenvalue weighted by molar-refractivity contribution is 5.94. The van der Waals surface area contributed by atoms with Gasteiger partial charge in [0.05, 0.1) is 31.7 Å². The molecule has 0 radical (unpaired) electrons. The van der Waals surface area contributed by atoms with Gasteiger partial charge in [0.2, 0.25) is 5.91 Å². The molecule has 2 aromatic carbocycles. The molecule has 2 aliphatic rings. The van der Waals surface area contributed by atoms with E-state index in [1.54, 1.807) is 41.3 Å². The van der Waals surface area contributed by atoms with Crippen LogP contribution in [-0.4, -0.2) is 71.1 Å². The summed E-state index contributed by atoms with van der Waals surface area (Å²) < 4.78 is 13.4. The predicted molar refractivity (Wildman–Crippen MR) is 151 cm³/mol. The van der Waals surface area contributed by atoms with Gasteiger partial charge in [-0.1, -0.05) is 25.0 Å². The van der Waals surface area contributed by atoms with Crippen LogP contribution in [0.1, 0.15) is 54.4 Å². The van der Waals surface area contributed by atoms with Crippen molar-refractivity contribution in [3.8, 4) is 11.5 Å². The fourth-order valence-corrected chi connectivity index (χ4v) is 5.63. The molecule has 5 rings (SSSR count). The van der Waals surface area contributed by atoms with Crippen molar-refractivity contribution in [2.24, 2.45) is 0 Å². The van der Waals surface area contributed by atoms with E-state index in [0.717, 1.165) is 56.2 Å². The molecule has 0 saturated carbocycles. The van der Waals surface area contributed by atoms with Crippen molar-refractivity contribution < 1.29 is 19.1 Å². The highest BCUT2D eigenvalue weighted by Crippen LogP contribution is 2.30. The third kappa shape index (κ3) is 5.48. The third-order valence-corrected chi connectivity index (χ3v) is 7.92. The van der Waals surface area contributed by atoms with Crippen LogP contribution in [0.4, 0.5) is 0 Å². The topological polar surface area (TPSA) is 103 Å². The Balaban J connectivity index is 1.54. The average molecular weight is 549 g/mol. The first kappa shape index (κ1) is 27.5. The molecule has 2 amide bonds. The van der Waals surface area contributed by atoms with Gasteiger partial charge in [-0.2, -0.15) is 0 Å². The highest BCUT2D eigenvalue weighted by Gasteiger charge is 2.23. The number of rotatable bonds is 7. The molecule has 2 aliphatic heterocycles. The van der Waals surface area contributed by atoms with Crippen LogP contribution >= 0.6 is 0 Å². The molecule has 0 atom stereocenters. The molecule has 10 heteroatoms. The summed E-state index contributed by atoms with van der Waals surface area (Å²) in [7, 11) is 2.96. The van der Waals surface area contributed by atoms with Gasteiger partial charge in [-0.15, -0.1) is 0 Å². The maximum absolute atomic E-state index is 13.8. The van der Waals surface area contributed by atoms with Crippen molar-refractivity contribution in [3.05, 3.63) is 68.4 Å². The van der Waals surface area contributed by atoms with Crippen LogP contribution in [0.5, 0.6) is 11.5 Å².